The lowest BCUT2D eigenvalue weighted by atomic mass is 9.87. The van der Waals surface area contributed by atoms with E-state index in [9.17, 15) is 5.11 Å². The van der Waals surface area contributed by atoms with E-state index >= 15 is 0 Å². The average molecular weight is 689 g/mol. The fourth-order valence-electron chi connectivity index (χ4n) is 7.36. The number of benzene rings is 3. The van der Waals surface area contributed by atoms with Crippen molar-refractivity contribution in [3.05, 3.63) is 90.5 Å². The summed E-state index contributed by atoms with van der Waals surface area (Å²) < 4.78 is 19.5. The monoisotopic (exact) mass is 688 g/mol. The van der Waals surface area contributed by atoms with Crippen LogP contribution in [0.15, 0.2) is 84.9 Å². The Labute approximate surface area is 301 Å². The average Bonchev–Trinajstić information content (AvgIpc) is 3.11. The van der Waals surface area contributed by atoms with Crippen LogP contribution in [0.25, 0.3) is 0 Å². The Bertz CT molecular complexity index is 1220. The zero-order chi connectivity index (χ0) is 35.5. The van der Waals surface area contributed by atoms with Crippen LogP contribution in [-0.2, 0) is 15.8 Å². The van der Waals surface area contributed by atoms with Crippen molar-refractivity contribution in [1.29, 1.82) is 0 Å². The van der Waals surface area contributed by atoms with Crippen LogP contribution >= 0.6 is 0 Å². The molecule has 3 aromatic rings. The summed E-state index contributed by atoms with van der Waals surface area (Å²) in [6.45, 7) is 14.7. The summed E-state index contributed by atoms with van der Waals surface area (Å²) >= 11 is 0. The zero-order valence-electron chi connectivity index (χ0n) is 32.0. The van der Waals surface area contributed by atoms with Gasteiger partial charge in [0.1, 0.15) is 5.75 Å². The van der Waals surface area contributed by atoms with Crippen LogP contribution in [0.3, 0.4) is 0 Å². The number of methoxy groups -OCH3 is 1. The van der Waals surface area contributed by atoms with Crippen LogP contribution in [0.4, 0.5) is 0 Å². The maximum atomic E-state index is 11.5. The Kier molecular flexibility index (Phi) is 18.2. The van der Waals surface area contributed by atoms with E-state index < -0.39 is 14.4 Å². The van der Waals surface area contributed by atoms with Gasteiger partial charge in [-0.15, -0.1) is 0 Å². The van der Waals surface area contributed by atoms with Crippen molar-refractivity contribution >= 4 is 18.7 Å². The van der Waals surface area contributed by atoms with Crippen LogP contribution in [-0.4, -0.2) is 39.3 Å². The lowest BCUT2D eigenvalue weighted by Crippen LogP contribution is -2.67. The van der Waals surface area contributed by atoms with Gasteiger partial charge in [-0.3, -0.25) is 0 Å². The molecule has 0 saturated carbocycles. The van der Waals surface area contributed by atoms with Crippen molar-refractivity contribution < 1.29 is 19.0 Å². The van der Waals surface area contributed by atoms with Crippen LogP contribution < -0.4 is 15.1 Å². The lowest BCUT2D eigenvalue weighted by molar-refractivity contribution is -0.0748. The second-order valence-corrected chi connectivity index (χ2v) is 19.6. The molecule has 0 aromatic heterocycles. The van der Waals surface area contributed by atoms with Crippen LogP contribution in [0, 0.1) is 11.8 Å². The second-order valence-electron chi connectivity index (χ2n) is 15.3. The van der Waals surface area contributed by atoms with Crippen molar-refractivity contribution in [2.75, 3.05) is 13.7 Å². The third-order valence-corrected chi connectivity index (χ3v) is 15.4. The van der Waals surface area contributed by atoms with Gasteiger partial charge in [-0.1, -0.05) is 185 Å². The van der Waals surface area contributed by atoms with E-state index in [0.29, 0.717) is 13.2 Å². The van der Waals surface area contributed by atoms with Crippen LogP contribution in [0.2, 0.25) is 5.04 Å². The van der Waals surface area contributed by atoms with Gasteiger partial charge < -0.3 is 19.0 Å². The molecule has 4 atom stereocenters. The smallest absolute Gasteiger partial charge is 0.261 e. The number of hydrogen-bond donors (Lipinski definition) is 1. The Morgan fingerprint density at radius 1 is 0.673 bits per heavy atom. The molecule has 1 N–H and O–H groups in total. The van der Waals surface area contributed by atoms with E-state index in [-0.39, 0.29) is 23.0 Å². The van der Waals surface area contributed by atoms with Crippen molar-refractivity contribution in [1.82, 2.24) is 0 Å². The summed E-state index contributed by atoms with van der Waals surface area (Å²) in [5.74, 6) is 0.879. The third-order valence-electron chi connectivity index (χ3n) is 10.4. The molecular formula is C44H68O4Si. The largest absolute Gasteiger partial charge is 0.497 e. The van der Waals surface area contributed by atoms with E-state index in [1.165, 1.54) is 74.6 Å². The molecule has 0 saturated heterocycles. The van der Waals surface area contributed by atoms with Crippen molar-refractivity contribution in [3.8, 4) is 5.75 Å². The molecule has 0 aliphatic rings. The van der Waals surface area contributed by atoms with E-state index in [0.717, 1.165) is 24.2 Å². The Hall–Kier alpha value is -2.44. The van der Waals surface area contributed by atoms with Gasteiger partial charge in [0, 0.05) is 18.4 Å². The molecule has 5 heteroatoms. The summed E-state index contributed by atoms with van der Waals surface area (Å²) in [6.07, 6.45) is 14.6. The van der Waals surface area contributed by atoms with Gasteiger partial charge in [-0.2, -0.15) is 0 Å². The molecule has 0 aliphatic carbocycles. The summed E-state index contributed by atoms with van der Waals surface area (Å²) in [4.78, 5) is 0. The van der Waals surface area contributed by atoms with Crippen molar-refractivity contribution in [3.63, 3.8) is 0 Å². The molecule has 3 rings (SSSR count). The molecule has 0 radical (unpaired) electrons. The van der Waals surface area contributed by atoms with Gasteiger partial charge in [-0.05, 0) is 39.5 Å². The standard InChI is InChI=1S/C44H68O4Si/c1-8-9-10-11-12-13-14-15-16-17-24-29-42(45)37(3)43(47-35-38-30-32-39(46-7)33-31-38)36(2)34-48-49(44(4,5)6,40-25-20-18-21-26-40)41-27-22-19-23-28-41/h18-23,25-28,30-33,36-37,42-43,45H,8-17,24,29,34-35H2,1-7H3/t36-,37-,42+,43-/m0/s1. The number of unbranched alkanes of at least 4 members (excludes halogenated alkanes) is 10. The quantitative estimate of drug-likeness (QED) is 0.0752. The normalized spacial score (nSPS) is 14.7. The number of aliphatic hydroxyl groups excluding tert-OH is 1. The summed E-state index contributed by atoms with van der Waals surface area (Å²) in [7, 11) is -1.01. The van der Waals surface area contributed by atoms with Gasteiger partial charge in [-0.25, -0.2) is 0 Å². The van der Waals surface area contributed by atoms with E-state index in [2.05, 4.69) is 114 Å². The molecule has 0 unspecified atom stereocenters. The van der Waals surface area contributed by atoms with E-state index in [4.69, 9.17) is 13.9 Å². The molecule has 0 spiro atoms. The molecule has 4 nitrogen and oxygen atoms in total. The number of ether oxygens (including phenoxy) is 2. The predicted molar refractivity (Wildman–Crippen MR) is 211 cm³/mol. The lowest BCUT2D eigenvalue weighted by Gasteiger charge is -2.44. The Morgan fingerprint density at radius 3 is 1.63 bits per heavy atom. The predicted octanol–water partition coefficient (Wildman–Crippen LogP) is 10.5. The number of aliphatic hydroxyl groups is 1. The molecule has 0 fully saturated rings. The number of hydrogen-bond acceptors (Lipinski definition) is 4. The van der Waals surface area contributed by atoms with Crippen molar-refractivity contribution in [2.45, 2.75) is 142 Å². The fraction of sp³-hybridized carbons (Fsp3) is 0.591. The summed E-state index contributed by atoms with van der Waals surface area (Å²) in [6, 6.07) is 29.7. The molecule has 49 heavy (non-hydrogen) atoms. The summed E-state index contributed by atoms with van der Waals surface area (Å²) in [5.41, 5.74) is 1.10. The second kappa shape index (κ2) is 21.7. The molecule has 0 amide bonds. The number of rotatable bonds is 24. The minimum Gasteiger partial charge on any atom is -0.497 e. The minimum atomic E-state index is -2.70. The SMILES string of the molecule is CCCCCCCCCCCCC[C@@H](O)[C@H](C)[C@@H](OCc1ccc(OC)cc1)[C@@H](C)CO[Si](c1ccccc1)(c1ccccc1)C(C)(C)C. The first-order valence-electron chi connectivity index (χ1n) is 19.3. The third kappa shape index (κ3) is 12.7. The highest BCUT2D eigenvalue weighted by Crippen LogP contribution is 2.37. The van der Waals surface area contributed by atoms with E-state index in [1.54, 1.807) is 7.11 Å². The highest BCUT2D eigenvalue weighted by molar-refractivity contribution is 6.99. The fourth-order valence-corrected chi connectivity index (χ4v) is 12.0. The van der Waals surface area contributed by atoms with Gasteiger partial charge in [0.25, 0.3) is 8.32 Å². The van der Waals surface area contributed by atoms with Crippen LogP contribution in [0.1, 0.15) is 124 Å². The molecule has 0 aliphatic heterocycles. The Morgan fingerprint density at radius 2 is 1.16 bits per heavy atom. The van der Waals surface area contributed by atoms with Gasteiger partial charge in [0.15, 0.2) is 0 Å². The minimum absolute atomic E-state index is 0.0286. The maximum absolute atomic E-state index is 11.5. The first kappa shape index (κ1) is 41.0. The molecule has 3 aromatic carbocycles. The van der Waals surface area contributed by atoms with Gasteiger partial charge in [0.05, 0.1) is 25.9 Å². The zero-order valence-corrected chi connectivity index (χ0v) is 33.0. The molecule has 272 valence electrons. The maximum Gasteiger partial charge on any atom is 0.261 e. The molecule has 0 bridgehead atoms. The first-order chi connectivity index (χ1) is 23.6. The van der Waals surface area contributed by atoms with Gasteiger partial charge in [0.2, 0.25) is 0 Å². The van der Waals surface area contributed by atoms with E-state index in [1.807, 2.05) is 12.1 Å². The Balaban J connectivity index is 1.70. The topological polar surface area (TPSA) is 47.9 Å². The molecular weight excluding hydrogens is 621 g/mol. The highest BCUT2D eigenvalue weighted by Gasteiger charge is 2.50. The van der Waals surface area contributed by atoms with Crippen molar-refractivity contribution in [2.24, 2.45) is 11.8 Å². The van der Waals surface area contributed by atoms with Crippen LogP contribution in [0.5, 0.6) is 5.75 Å². The highest BCUT2D eigenvalue weighted by atomic mass is 28.4. The summed E-state index contributed by atoms with van der Waals surface area (Å²) in [5, 5.41) is 14.0. The first-order valence-corrected chi connectivity index (χ1v) is 21.2. The van der Waals surface area contributed by atoms with Gasteiger partial charge >= 0.3 is 0 Å². The molecule has 0 heterocycles.